The lowest BCUT2D eigenvalue weighted by atomic mass is 10.1. The summed E-state index contributed by atoms with van der Waals surface area (Å²) in [6.45, 7) is 0. The quantitative estimate of drug-likeness (QED) is 0.308. The van der Waals surface area contributed by atoms with Gasteiger partial charge in [0.25, 0.3) is 5.85 Å². The van der Waals surface area contributed by atoms with Crippen LogP contribution in [0.5, 0.6) is 11.5 Å². The van der Waals surface area contributed by atoms with E-state index in [2.05, 4.69) is 36.4 Å². The molecule has 5 heteroatoms. The summed E-state index contributed by atoms with van der Waals surface area (Å²) in [5.74, 6) is 0.162. The molecule has 0 saturated heterocycles. The van der Waals surface area contributed by atoms with Gasteiger partial charge in [0.05, 0.1) is 19.8 Å². The fourth-order valence-electron chi connectivity index (χ4n) is 4.72. The van der Waals surface area contributed by atoms with Gasteiger partial charge >= 0.3 is 5.97 Å². The molecule has 4 aromatic rings. The molecule has 4 nitrogen and oxygen atoms in total. The fraction of sp³-hybridized carbons (Fsp3) is 0.107. The Hall–Kier alpha value is -3.62. The highest BCUT2D eigenvalue weighted by atomic mass is 31.2. The van der Waals surface area contributed by atoms with Crippen molar-refractivity contribution < 1.29 is 19.0 Å². The van der Waals surface area contributed by atoms with Crippen LogP contribution in [0.25, 0.3) is 0 Å². The van der Waals surface area contributed by atoms with Crippen LogP contribution in [0.3, 0.4) is 0 Å². The summed E-state index contributed by atoms with van der Waals surface area (Å²) in [5, 5.41) is 3.37. The Morgan fingerprint density at radius 2 is 1.06 bits per heavy atom. The van der Waals surface area contributed by atoms with Crippen LogP contribution in [0.2, 0.25) is 0 Å². The number of carbonyl (C=O) groups excluding carboxylic acids is 1. The fourth-order valence-corrected chi connectivity index (χ4v) is 9.25. The van der Waals surface area contributed by atoms with E-state index in [0.717, 1.165) is 21.5 Å². The van der Waals surface area contributed by atoms with E-state index in [1.807, 2.05) is 60.7 Å². The minimum absolute atomic E-state index is 0.391. The molecule has 0 radical (unpaired) electrons. The van der Waals surface area contributed by atoms with Crippen molar-refractivity contribution in [2.45, 2.75) is 5.85 Å². The van der Waals surface area contributed by atoms with Gasteiger partial charge in [-0.3, -0.25) is 0 Å². The van der Waals surface area contributed by atoms with Crippen LogP contribution in [-0.2, 0) is 4.74 Å². The van der Waals surface area contributed by atoms with Crippen LogP contribution in [0.15, 0.2) is 103 Å². The lowest BCUT2D eigenvalue weighted by Gasteiger charge is -2.32. The first-order chi connectivity index (χ1) is 16.2. The van der Waals surface area contributed by atoms with Crippen molar-refractivity contribution in [2.75, 3.05) is 14.2 Å². The Balaban J connectivity index is 1.92. The van der Waals surface area contributed by atoms with Gasteiger partial charge in [-0.15, -0.1) is 0 Å². The maximum absolute atomic E-state index is 13.3. The molecule has 164 valence electrons. The summed E-state index contributed by atoms with van der Waals surface area (Å²) in [4.78, 5) is 13.3. The van der Waals surface area contributed by atoms with Gasteiger partial charge in [-0.05, 0) is 48.5 Å². The van der Waals surface area contributed by atoms with Gasteiger partial charge in [0.1, 0.15) is 33.0 Å². The van der Waals surface area contributed by atoms with Crippen molar-refractivity contribution in [1.82, 2.24) is 0 Å². The van der Waals surface area contributed by atoms with Crippen LogP contribution in [0.4, 0.5) is 0 Å². The Kier molecular flexibility index (Phi) is 5.62. The molecule has 0 fully saturated rings. The molecule has 1 aliphatic heterocycles. The average molecular weight is 455 g/mol. The number of ether oxygens (including phenoxy) is 3. The highest BCUT2D eigenvalue weighted by molar-refractivity contribution is 7.95. The van der Waals surface area contributed by atoms with E-state index < -0.39 is 19.1 Å². The highest BCUT2D eigenvalue weighted by Crippen LogP contribution is 2.70. The maximum Gasteiger partial charge on any atom is 0.346 e. The molecule has 1 heterocycles. The van der Waals surface area contributed by atoms with Crippen LogP contribution in [0.1, 0.15) is 21.8 Å². The van der Waals surface area contributed by atoms with Gasteiger partial charge in [-0.2, -0.15) is 0 Å². The molecular weight excluding hydrogens is 431 g/mol. The lowest BCUT2D eigenvalue weighted by molar-refractivity contribution is 0.0511. The SMILES string of the molecule is COc1ccc(OC)c2c1C(=O)OC2[P+](c1ccccc1)(c1ccccc1)c1ccccc1. The summed E-state index contributed by atoms with van der Waals surface area (Å²) in [6, 6.07) is 34.6. The van der Waals surface area contributed by atoms with Gasteiger partial charge in [0.2, 0.25) is 0 Å². The first-order valence-electron chi connectivity index (χ1n) is 10.7. The van der Waals surface area contributed by atoms with E-state index in [9.17, 15) is 4.79 Å². The van der Waals surface area contributed by atoms with E-state index in [1.165, 1.54) is 0 Å². The predicted octanol–water partition coefficient (Wildman–Crippen LogP) is 4.87. The van der Waals surface area contributed by atoms with E-state index in [4.69, 9.17) is 14.2 Å². The molecule has 0 spiro atoms. The standard InChI is InChI=1S/C28H24O4P/c1-30-23-18-19-24(31-2)26-25(23)27(29)32-28(26)33(20-12-6-3-7-13-20,21-14-8-4-9-15-21)22-16-10-5-11-17-22/h3-19,28H,1-2H3/q+1. The number of hydrogen-bond acceptors (Lipinski definition) is 4. The number of benzene rings is 4. The Bertz CT molecular complexity index is 1180. The lowest BCUT2D eigenvalue weighted by Crippen LogP contribution is -2.35. The van der Waals surface area contributed by atoms with Gasteiger partial charge < -0.3 is 14.2 Å². The van der Waals surface area contributed by atoms with Gasteiger partial charge in [0.15, 0.2) is 7.26 Å². The number of fused-ring (bicyclic) bond motifs is 1. The first-order valence-corrected chi connectivity index (χ1v) is 12.6. The molecule has 0 amide bonds. The largest absolute Gasteiger partial charge is 0.496 e. The van der Waals surface area contributed by atoms with Gasteiger partial charge in [-0.1, -0.05) is 54.6 Å². The zero-order valence-electron chi connectivity index (χ0n) is 18.5. The van der Waals surface area contributed by atoms with E-state index in [1.54, 1.807) is 20.3 Å². The van der Waals surface area contributed by atoms with Crippen molar-refractivity contribution in [1.29, 1.82) is 0 Å². The smallest absolute Gasteiger partial charge is 0.346 e. The Labute approximate surface area is 194 Å². The molecule has 0 aromatic heterocycles. The summed E-state index contributed by atoms with van der Waals surface area (Å²) in [5.41, 5.74) is 1.18. The molecule has 33 heavy (non-hydrogen) atoms. The second-order valence-corrected chi connectivity index (χ2v) is 11.2. The molecule has 4 aromatic carbocycles. The predicted molar refractivity (Wildman–Crippen MR) is 133 cm³/mol. The third kappa shape index (κ3) is 3.30. The minimum atomic E-state index is -2.52. The Morgan fingerprint density at radius 3 is 1.48 bits per heavy atom. The monoisotopic (exact) mass is 455 g/mol. The normalized spacial score (nSPS) is 15.0. The van der Waals surface area contributed by atoms with Crippen molar-refractivity contribution in [3.63, 3.8) is 0 Å². The van der Waals surface area contributed by atoms with Crippen LogP contribution in [-0.4, -0.2) is 20.2 Å². The topological polar surface area (TPSA) is 44.8 Å². The number of esters is 1. The van der Waals surface area contributed by atoms with Crippen LogP contribution in [0, 0.1) is 0 Å². The number of hydrogen-bond donors (Lipinski definition) is 0. The van der Waals surface area contributed by atoms with Crippen LogP contribution < -0.4 is 25.4 Å². The highest BCUT2D eigenvalue weighted by Gasteiger charge is 2.60. The van der Waals surface area contributed by atoms with Crippen molar-refractivity contribution in [3.8, 4) is 11.5 Å². The van der Waals surface area contributed by atoms with Crippen molar-refractivity contribution >= 4 is 29.1 Å². The molecule has 0 saturated carbocycles. The Morgan fingerprint density at radius 1 is 0.636 bits per heavy atom. The van der Waals surface area contributed by atoms with Crippen LogP contribution >= 0.6 is 7.26 Å². The first kappa shape index (κ1) is 21.2. The van der Waals surface area contributed by atoms with E-state index in [0.29, 0.717) is 17.1 Å². The number of cyclic esters (lactones) is 1. The summed E-state index contributed by atoms with van der Waals surface area (Å²) in [7, 11) is 0.667. The number of carbonyl (C=O) groups is 1. The summed E-state index contributed by atoms with van der Waals surface area (Å²) < 4.78 is 17.6. The molecule has 0 N–H and O–H groups in total. The van der Waals surface area contributed by atoms with Crippen molar-refractivity contribution in [3.05, 3.63) is 114 Å². The van der Waals surface area contributed by atoms with Gasteiger partial charge in [0, 0.05) is 0 Å². The van der Waals surface area contributed by atoms with E-state index >= 15 is 0 Å². The molecular formula is C28H24O4P+. The molecule has 0 bridgehead atoms. The molecule has 1 aliphatic rings. The number of methoxy groups -OCH3 is 2. The summed E-state index contributed by atoms with van der Waals surface area (Å²) in [6.07, 6.45) is 0. The molecule has 5 rings (SSSR count). The van der Waals surface area contributed by atoms with E-state index in [-0.39, 0.29) is 0 Å². The van der Waals surface area contributed by atoms with Gasteiger partial charge in [-0.25, -0.2) is 4.79 Å². The summed E-state index contributed by atoms with van der Waals surface area (Å²) >= 11 is 0. The zero-order valence-corrected chi connectivity index (χ0v) is 19.4. The molecule has 0 aliphatic carbocycles. The zero-order chi connectivity index (χ0) is 22.8. The third-order valence-electron chi connectivity index (χ3n) is 6.12. The average Bonchev–Trinajstić information content (AvgIpc) is 3.24. The molecule has 1 unspecified atom stereocenters. The number of rotatable bonds is 6. The molecule has 1 atom stereocenters. The second kappa shape index (κ2) is 8.73. The second-order valence-electron chi connectivity index (χ2n) is 7.75. The minimum Gasteiger partial charge on any atom is -0.496 e. The third-order valence-corrected chi connectivity index (χ3v) is 10.5. The van der Waals surface area contributed by atoms with Crippen molar-refractivity contribution in [2.24, 2.45) is 0 Å². The maximum atomic E-state index is 13.3.